The second-order valence-corrected chi connectivity index (χ2v) is 5.80. The highest BCUT2D eigenvalue weighted by Gasteiger charge is 2.10. The minimum Gasteiger partial charge on any atom is -0.452 e. The summed E-state index contributed by atoms with van der Waals surface area (Å²) in [5.74, 6) is -1.22. The fourth-order valence-corrected chi connectivity index (χ4v) is 2.70. The number of anilines is 1. The van der Waals surface area contributed by atoms with Gasteiger partial charge >= 0.3 is 5.97 Å². The summed E-state index contributed by atoms with van der Waals surface area (Å²) in [5.41, 5.74) is 2.27. The molecule has 9 nitrogen and oxygen atoms in total. The lowest BCUT2D eigenvalue weighted by Crippen LogP contribution is -2.20. The highest BCUT2D eigenvalue weighted by atomic mass is 32.1. The summed E-state index contributed by atoms with van der Waals surface area (Å²) >= 11 is 1.04. The summed E-state index contributed by atoms with van der Waals surface area (Å²) in [6.45, 7) is -0.461. The van der Waals surface area contributed by atoms with E-state index in [1.165, 1.54) is 30.3 Å². The van der Waals surface area contributed by atoms with Gasteiger partial charge in [-0.15, -0.1) is 0 Å². The Hall–Kier alpha value is -3.66. The number of nitrogens with zero attached hydrogens (tertiary/aromatic N) is 3. The van der Waals surface area contributed by atoms with Gasteiger partial charge in [-0.05, 0) is 35.9 Å². The molecule has 136 valence electrons. The van der Waals surface area contributed by atoms with Gasteiger partial charge in [0.1, 0.15) is 11.0 Å². The first-order valence-electron chi connectivity index (χ1n) is 7.63. The highest BCUT2D eigenvalue weighted by molar-refractivity contribution is 7.00. The molecule has 0 atom stereocenters. The zero-order chi connectivity index (χ0) is 19.2. The number of rotatable bonds is 6. The van der Waals surface area contributed by atoms with Crippen molar-refractivity contribution in [2.24, 2.45) is 0 Å². The van der Waals surface area contributed by atoms with Gasteiger partial charge in [0.05, 0.1) is 22.3 Å². The molecule has 3 rings (SSSR count). The summed E-state index contributed by atoms with van der Waals surface area (Å²) in [6, 6.07) is 10.8. The van der Waals surface area contributed by atoms with Gasteiger partial charge in [0, 0.05) is 18.2 Å². The molecule has 0 aliphatic carbocycles. The summed E-state index contributed by atoms with van der Waals surface area (Å²) in [6.07, 6.45) is 2.57. The normalized spacial score (nSPS) is 10.8. The van der Waals surface area contributed by atoms with E-state index in [1.54, 1.807) is 18.2 Å². The van der Waals surface area contributed by atoms with Gasteiger partial charge in [-0.25, -0.2) is 4.79 Å². The Morgan fingerprint density at radius 1 is 1.19 bits per heavy atom. The standard InChI is InChI=1S/C17H12N4O5S/c22-15(18-13-2-1-3-14-17(13)20-27-19-14)10-26-16(23)9-6-11-4-7-12(8-5-11)21(24)25/h1-9H,10H2,(H,18,22)/b9-6+. The van der Waals surface area contributed by atoms with E-state index in [0.717, 1.165) is 17.8 Å². The number of hydrogen-bond acceptors (Lipinski definition) is 8. The Labute approximate surface area is 156 Å². The Bertz CT molecular complexity index is 1030. The molecule has 0 aliphatic heterocycles. The smallest absolute Gasteiger partial charge is 0.331 e. The van der Waals surface area contributed by atoms with Crippen LogP contribution in [0.25, 0.3) is 17.1 Å². The molecule has 0 unspecified atom stereocenters. The van der Waals surface area contributed by atoms with E-state index in [0.29, 0.717) is 22.3 Å². The molecule has 1 heterocycles. The molecule has 27 heavy (non-hydrogen) atoms. The molecule has 1 aromatic heterocycles. The van der Waals surface area contributed by atoms with Gasteiger partial charge in [0.15, 0.2) is 6.61 Å². The van der Waals surface area contributed by atoms with Gasteiger partial charge in [-0.3, -0.25) is 14.9 Å². The Morgan fingerprint density at radius 2 is 1.96 bits per heavy atom. The molecule has 3 aromatic rings. The van der Waals surface area contributed by atoms with E-state index in [9.17, 15) is 19.7 Å². The van der Waals surface area contributed by atoms with E-state index in [-0.39, 0.29) is 5.69 Å². The van der Waals surface area contributed by atoms with Crippen LogP contribution in [0.1, 0.15) is 5.56 Å². The third-order valence-electron chi connectivity index (χ3n) is 3.42. The number of hydrogen-bond donors (Lipinski definition) is 1. The number of carbonyl (C=O) groups excluding carboxylic acids is 2. The fourth-order valence-electron chi connectivity index (χ4n) is 2.15. The lowest BCUT2D eigenvalue weighted by atomic mass is 10.2. The lowest BCUT2D eigenvalue weighted by Gasteiger charge is -2.05. The van der Waals surface area contributed by atoms with E-state index >= 15 is 0 Å². The summed E-state index contributed by atoms with van der Waals surface area (Å²) in [7, 11) is 0. The molecule has 0 saturated carbocycles. The van der Waals surface area contributed by atoms with Crippen LogP contribution < -0.4 is 5.32 Å². The van der Waals surface area contributed by atoms with E-state index in [2.05, 4.69) is 14.1 Å². The predicted molar refractivity (Wildman–Crippen MR) is 99.1 cm³/mol. The van der Waals surface area contributed by atoms with Crippen LogP contribution in [0.3, 0.4) is 0 Å². The third-order valence-corrected chi connectivity index (χ3v) is 3.96. The van der Waals surface area contributed by atoms with Crippen LogP contribution in [0.2, 0.25) is 0 Å². The Balaban J connectivity index is 1.51. The quantitative estimate of drug-likeness (QED) is 0.300. The molecule has 0 aliphatic rings. The molecule has 1 amide bonds. The van der Waals surface area contributed by atoms with Crippen molar-refractivity contribution in [1.82, 2.24) is 8.75 Å². The largest absolute Gasteiger partial charge is 0.452 e. The molecule has 0 saturated heterocycles. The first-order chi connectivity index (χ1) is 13.0. The Morgan fingerprint density at radius 3 is 2.70 bits per heavy atom. The van der Waals surface area contributed by atoms with Crippen LogP contribution >= 0.6 is 11.7 Å². The van der Waals surface area contributed by atoms with Crippen LogP contribution in [0.5, 0.6) is 0 Å². The first kappa shape index (κ1) is 18.1. The Kier molecular flexibility index (Phi) is 5.47. The maximum Gasteiger partial charge on any atom is 0.331 e. The number of amides is 1. The average Bonchev–Trinajstić information content (AvgIpc) is 3.15. The van der Waals surface area contributed by atoms with E-state index < -0.39 is 23.4 Å². The molecule has 1 N–H and O–H groups in total. The number of nitrogens with one attached hydrogen (secondary N) is 1. The van der Waals surface area contributed by atoms with Crippen LogP contribution in [-0.4, -0.2) is 32.2 Å². The molecule has 0 bridgehead atoms. The van der Waals surface area contributed by atoms with Crippen molar-refractivity contribution >= 4 is 52.1 Å². The van der Waals surface area contributed by atoms with Crippen molar-refractivity contribution < 1.29 is 19.2 Å². The van der Waals surface area contributed by atoms with Gasteiger partial charge in [-0.1, -0.05) is 6.07 Å². The maximum absolute atomic E-state index is 11.9. The number of esters is 1. The van der Waals surface area contributed by atoms with Crippen LogP contribution in [0, 0.1) is 10.1 Å². The van der Waals surface area contributed by atoms with Crippen molar-refractivity contribution in [1.29, 1.82) is 0 Å². The highest BCUT2D eigenvalue weighted by Crippen LogP contribution is 2.20. The molecule has 10 heteroatoms. The van der Waals surface area contributed by atoms with Crippen molar-refractivity contribution in [3.8, 4) is 0 Å². The van der Waals surface area contributed by atoms with Crippen LogP contribution in [-0.2, 0) is 14.3 Å². The molecular formula is C17H12N4O5S. The van der Waals surface area contributed by atoms with Gasteiger partial charge in [0.2, 0.25) is 0 Å². The number of ether oxygens (including phenoxy) is 1. The summed E-state index contributed by atoms with van der Waals surface area (Å²) < 4.78 is 13.1. The van der Waals surface area contributed by atoms with Gasteiger partial charge in [-0.2, -0.15) is 8.75 Å². The summed E-state index contributed by atoms with van der Waals surface area (Å²) in [4.78, 5) is 33.7. The van der Waals surface area contributed by atoms with Crippen molar-refractivity contribution in [2.75, 3.05) is 11.9 Å². The SMILES string of the molecule is O=C(COC(=O)/C=C/c1ccc([N+](=O)[O-])cc1)Nc1cccc2nsnc12. The topological polar surface area (TPSA) is 124 Å². The van der Waals surface area contributed by atoms with Gasteiger partial charge < -0.3 is 10.1 Å². The number of nitro groups is 1. The number of fused-ring (bicyclic) bond motifs is 1. The molecule has 0 spiro atoms. The zero-order valence-electron chi connectivity index (χ0n) is 13.7. The molecule has 2 aromatic carbocycles. The second kappa shape index (κ2) is 8.15. The monoisotopic (exact) mass is 384 g/mol. The second-order valence-electron chi connectivity index (χ2n) is 5.28. The number of non-ortho nitro benzene ring substituents is 1. The number of benzene rings is 2. The van der Waals surface area contributed by atoms with E-state index in [4.69, 9.17) is 4.74 Å². The summed E-state index contributed by atoms with van der Waals surface area (Å²) in [5, 5.41) is 13.2. The minimum absolute atomic E-state index is 0.0447. The number of carbonyl (C=O) groups is 2. The van der Waals surface area contributed by atoms with Gasteiger partial charge in [0.25, 0.3) is 11.6 Å². The van der Waals surface area contributed by atoms with Crippen molar-refractivity contribution in [3.63, 3.8) is 0 Å². The lowest BCUT2D eigenvalue weighted by molar-refractivity contribution is -0.384. The van der Waals surface area contributed by atoms with Crippen LogP contribution in [0.4, 0.5) is 11.4 Å². The van der Waals surface area contributed by atoms with Crippen molar-refractivity contribution in [3.05, 3.63) is 64.2 Å². The first-order valence-corrected chi connectivity index (χ1v) is 8.36. The van der Waals surface area contributed by atoms with E-state index in [1.807, 2.05) is 0 Å². The molecule has 0 radical (unpaired) electrons. The average molecular weight is 384 g/mol. The number of nitro benzene ring substituents is 1. The van der Waals surface area contributed by atoms with Crippen molar-refractivity contribution in [2.45, 2.75) is 0 Å². The maximum atomic E-state index is 11.9. The minimum atomic E-state index is -0.711. The molecular weight excluding hydrogens is 372 g/mol. The van der Waals surface area contributed by atoms with Crippen LogP contribution in [0.15, 0.2) is 48.5 Å². The number of aromatic nitrogens is 2. The fraction of sp³-hybridized carbons (Fsp3) is 0.0588. The predicted octanol–water partition coefficient (Wildman–Crippen LogP) is 2.79. The molecule has 0 fully saturated rings. The third kappa shape index (κ3) is 4.70. The zero-order valence-corrected chi connectivity index (χ0v) is 14.5.